The molecule has 1 aromatic carbocycles. The van der Waals surface area contributed by atoms with E-state index in [9.17, 15) is 9.59 Å². The van der Waals surface area contributed by atoms with Gasteiger partial charge in [-0.2, -0.15) is 0 Å². The highest BCUT2D eigenvalue weighted by atomic mass is 16.5. The van der Waals surface area contributed by atoms with E-state index in [1.165, 1.54) is 0 Å². The molecule has 0 aliphatic carbocycles. The maximum atomic E-state index is 11.4. The highest BCUT2D eigenvalue weighted by Crippen LogP contribution is 2.19. The van der Waals surface area contributed by atoms with Gasteiger partial charge in [-0.15, -0.1) is 0 Å². The minimum atomic E-state index is -1.24. The average Bonchev–Trinajstić information content (AvgIpc) is 2.45. The van der Waals surface area contributed by atoms with E-state index in [0.717, 1.165) is 6.07 Å². The zero-order valence-electron chi connectivity index (χ0n) is 11.8. The molecule has 2 N–H and O–H groups in total. The fourth-order valence-electron chi connectivity index (χ4n) is 1.68. The van der Waals surface area contributed by atoms with E-state index < -0.39 is 11.5 Å². The summed E-state index contributed by atoms with van der Waals surface area (Å²) in [4.78, 5) is 28.8. The van der Waals surface area contributed by atoms with Crippen molar-refractivity contribution in [3.63, 3.8) is 0 Å². The normalized spacial score (nSPS) is 10.6. The molecule has 1 heterocycles. The molecule has 0 fully saturated rings. The molecule has 0 saturated heterocycles. The summed E-state index contributed by atoms with van der Waals surface area (Å²) in [6.07, 6.45) is 0. The predicted molar refractivity (Wildman–Crippen MR) is 77.6 cm³/mol. The van der Waals surface area contributed by atoms with Crippen LogP contribution in [0.15, 0.2) is 35.1 Å². The second-order valence-corrected chi connectivity index (χ2v) is 5.01. The second-order valence-electron chi connectivity index (χ2n) is 5.01. The zero-order valence-corrected chi connectivity index (χ0v) is 11.8. The molecule has 2 aromatic rings. The molecule has 0 atom stereocenters. The Morgan fingerprint density at radius 1 is 1.33 bits per heavy atom. The number of hydrogen-bond acceptors (Lipinski definition) is 4. The van der Waals surface area contributed by atoms with Crippen molar-refractivity contribution in [1.29, 1.82) is 0 Å². The Labute approximate surface area is 121 Å². The molecular formula is C15H16N2O4. The van der Waals surface area contributed by atoms with Crippen molar-refractivity contribution in [2.45, 2.75) is 13.8 Å². The van der Waals surface area contributed by atoms with E-state index in [0.29, 0.717) is 23.8 Å². The van der Waals surface area contributed by atoms with Gasteiger partial charge in [-0.25, -0.2) is 9.78 Å². The van der Waals surface area contributed by atoms with Crippen LogP contribution in [0.2, 0.25) is 0 Å². The van der Waals surface area contributed by atoms with Gasteiger partial charge in [0.05, 0.1) is 6.61 Å². The van der Waals surface area contributed by atoms with Gasteiger partial charge in [-0.05, 0) is 30.2 Å². The van der Waals surface area contributed by atoms with Crippen molar-refractivity contribution in [3.05, 3.63) is 46.4 Å². The van der Waals surface area contributed by atoms with E-state index in [1.54, 1.807) is 24.3 Å². The van der Waals surface area contributed by atoms with E-state index >= 15 is 0 Å². The minimum absolute atomic E-state index is 0.218. The topological polar surface area (TPSA) is 92.3 Å². The highest BCUT2D eigenvalue weighted by molar-refractivity contribution is 5.85. The number of ether oxygens (including phenoxy) is 1. The lowest BCUT2D eigenvalue weighted by molar-refractivity contribution is 0.0690. The predicted octanol–water partition coefficient (Wildman–Crippen LogP) is 2.17. The Bertz CT molecular complexity index is 690. The van der Waals surface area contributed by atoms with Gasteiger partial charge in [0.2, 0.25) is 0 Å². The fraction of sp³-hybridized carbons (Fsp3) is 0.267. The largest absolute Gasteiger partial charge is 0.493 e. The van der Waals surface area contributed by atoms with Crippen LogP contribution >= 0.6 is 0 Å². The third-order valence-electron chi connectivity index (χ3n) is 2.67. The fourth-order valence-corrected chi connectivity index (χ4v) is 1.68. The summed E-state index contributed by atoms with van der Waals surface area (Å²) < 4.78 is 5.56. The number of H-pyrrole nitrogens is 1. The Balaban J connectivity index is 2.26. The number of carboxylic acids is 1. The number of carbonyl (C=O) groups is 1. The molecular weight excluding hydrogens is 272 g/mol. The molecule has 0 spiro atoms. The van der Waals surface area contributed by atoms with Crippen molar-refractivity contribution in [3.8, 4) is 17.1 Å². The minimum Gasteiger partial charge on any atom is -0.493 e. The molecule has 0 radical (unpaired) electrons. The molecule has 0 saturated carbocycles. The van der Waals surface area contributed by atoms with Gasteiger partial charge in [0.1, 0.15) is 11.6 Å². The first-order valence-corrected chi connectivity index (χ1v) is 6.53. The van der Waals surface area contributed by atoms with E-state index in [4.69, 9.17) is 9.84 Å². The highest BCUT2D eigenvalue weighted by Gasteiger charge is 2.09. The summed E-state index contributed by atoms with van der Waals surface area (Å²) in [6, 6.07) is 7.90. The van der Waals surface area contributed by atoms with Crippen molar-refractivity contribution < 1.29 is 14.6 Å². The molecule has 0 bridgehead atoms. The summed E-state index contributed by atoms with van der Waals surface area (Å²) in [5, 5.41) is 8.91. The van der Waals surface area contributed by atoms with Gasteiger partial charge in [-0.3, -0.25) is 4.79 Å². The van der Waals surface area contributed by atoms with Gasteiger partial charge < -0.3 is 14.8 Å². The first-order valence-electron chi connectivity index (χ1n) is 6.53. The van der Waals surface area contributed by atoms with Crippen LogP contribution in [0, 0.1) is 5.92 Å². The first kappa shape index (κ1) is 14.8. The third kappa shape index (κ3) is 3.92. The summed E-state index contributed by atoms with van der Waals surface area (Å²) >= 11 is 0. The van der Waals surface area contributed by atoms with Crippen LogP contribution in [0.4, 0.5) is 0 Å². The lowest BCUT2D eigenvalue weighted by Gasteiger charge is -2.09. The monoisotopic (exact) mass is 288 g/mol. The first-order chi connectivity index (χ1) is 9.95. The SMILES string of the molecule is CC(C)COc1ccc(-c2nc(C(=O)O)cc(=O)[nH]2)cc1. The smallest absolute Gasteiger partial charge is 0.354 e. The summed E-state index contributed by atoms with van der Waals surface area (Å²) in [5.74, 6) is 0.119. The summed E-state index contributed by atoms with van der Waals surface area (Å²) in [5.41, 5.74) is -0.168. The molecule has 0 aliphatic rings. The maximum Gasteiger partial charge on any atom is 0.354 e. The Kier molecular flexibility index (Phi) is 4.37. The average molecular weight is 288 g/mol. The van der Waals surface area contributed by atoms with Gasteiger partial charge >= 0.3 is 5.97 Å². The Morgan fingerprint density at radius 3 is 2.57 bits per heavy atom. The van der Waals surface area contributed by atoms with Crippen molar-refractivity contribution in [2.24, 2.45) is 5.92 Å². The lowest BCUT2D eigenvalue weighted by atomic mass is 10.2. The van der Waals surface area contributed by atoms with E-state index in [1.807, 2.05) is 0 Å². The maximum absolute atomic E-state index is 11.4. The van der Waals surface area contributed by atoms with Crippen molar-refractivity contribution in [1.82, 2.24) is 9.97 Å². The summed E-state index contributed by atoms with van der Waals surface area (Å²) in [7, 11) is 0. The number of aromatic amines is 1. The van der Waals surface area contributed by atoms with Crippen LogP contribution in [-0.4, -0.2) is 27.7 Å². The molecule has 2 rings (SSSR count). The quantitative estimate of drug-likeness (QED) is 0.879. The zero-order chi connectivity index (χ0) is 15.4. The number of nitrogens with one attached hydrogen (secondary N) is 1. The number of aromatic carboxylic acids is 1. The molecule has 6 nitrogen and oxygen atoms in total. The molecule has 0 unspecified atom stereocenters. The van der Waals surface area contributed by atoms with Crippen LogP contribution in [0.3, 0.4) is 0 Å². The van der Waals surface area contributed by atoms with Crippen molar-refractivity contribution in [2.75, 3.05) is 6.61 Å². The van der Waals surface area contributed by atoms with Gasteiger partial charge in [0.15, 0.2) is 5.69 Å². The lowest BCUT2D eigenvalue weighted by Crippen LogP contribution is -2.13. The van der Waals surface area contributed by atoms with E-state index in [-0.39, 0.29) is 11.5 Å². The van der Waals surface area contributed by atoms with Crippen LogP contribution < -0.4 is 10.3 Å². The standard InChI is InChI=1S/C15H16N2O4/c1-9(2)8-21-11-5-3-10(4-6-11)14-16-12(15(19)20)7-13(18)17-14/h3-7,9H,8H2,1-2H3,(H,19,20)(H,16,17,18). The molecule has 110 valence electrons. The number of aromatic nitrogens is 2. The van der Waals surface area contributed by atoms with Crippen LogP contribution in [0.5, 0.6) is 5.75 Å². The number of nitrogens with zero attached hydrogens (tertiary/aromatic N) is 1. The third-order valence-corrected chi connectivity index (χ3v) is 2.67. The van der Waals surface area contributed by atoms with Crippen LogP contribution in [0.1, 0.15) is 24.3 Å². The molecule has 0 aliphatic heterocycles. The summed E-state index contributed by atoms with van der Waals surface area (Å²) in [6.45, 7) is 4.73. The van der Waals surface area contributed by atoms with Gasteiger partial charge in [-0.1, -0.05) is 13.8 Å². The Morgan fingerprint density at radius 2 is 2.00 bits per heavy atom. The van der Waals surface area contributed by atoms with Crippen molar-refractivity contribution >= 4 is 5.97 Å². The number of hydrogen-bond donors (Lipinski definition) is 2. The molecule has 21 heavy (non-hydrogen) atoms. The van der Waals surface area contributed by atoms with Gasteiger partial charge in [0.25, 0.3) is 5.56 Å². The van der Waals surface area contributed by atoms with Gasteiger partial charge in [0, 0.05) is 11.6 Å². The van der Waals surface area contributed by atoms with E-state index in [2.05, 4.69) is 23.8 Å². The number of carboxylic acid groups (broad SMARTS) is 1. The Hall–Kier alpha value is -2.63. The number of benzene rings is 1. The molecule has 1 aromatic heterocycles. The number of rotatable bonds is 5. The van der Waals surface area contributed by atoms with Crippen LogP contribution in [0.25, 0.3) is 11.4 Å². The second kappa shape index (κ2) is 6.21. The molecule has 6 heteroatoms. The van der Waals surface area contributed by atoms with Crippen LogP contribution in [-0.2, 0) is 0 Å². The molecule has 0 amide bonds.